The number of benzene rings is 2. The molecule has 2 aromatic carbocycles. The number of hydrogen-bond donors (Lipinski definition) is 1. The normalized spacial score (nSPS) is 13.6. The van der Waals surface area contributed by atoms with Crippen LogP contribution >= 0.6 is 11.6 Å². The number of anilines is 1. The Balaban J connectivity index is 1.57. The number of fused-ring (bicyclic) bond motifs is 1. The summed E-state index contributed by atoms with van der Waals surface area (Å²) in [6, 6.07) is 13.4. The third-order valence-corrected chi connectivity index (χ3v) is 5.54. The van der Waals surface area contributed by atoms with Crippen molar-refractivity contribution < 1.29 is 4.79 Å². The van der Waals surface area contributed by atoms with Gasteiger partial charge in [0.2, 0.25) is 5.91 Å². The van der Waals surface area contributed by atoms with Gasteiger partial charge in [-0.1, -0.05) is 42.3 Å². The van der Waals surface area contributed by atoms with Crippen LogP contribution in [0.4, 0.5) is 5.69 Å². The van der Waals surface area contributed by atoms with E-state index in [0.717, 1.165) is 54.1 Å². The molecule has 0 spiro atoms. The summed E-state index contributed by atoms with van der Waals surface area (Å²) in [5, 5.41) is 12.3. The molecular formula is C22H23ClN4O. The number of halogens is 1. The number of hydrogen-bond acceptors (Lipinski definition) is 3. The van der Waals surface area contributed by atoms with E-state index in [1.54, 1.807) is 6.07 Å². The van der Waals surface area contributed by atoms with E-state index in [2.05, 4.69) is 20.1 Å². The van der Waals surface area contributed by atoms with Crippen molar-refractivity contribution in [2.24, 2.45) is 0 Å². The third kappa shape index (κ3) is 3.94. The van der Waals surface area contributed by atoms with E-state index in [1.165, 1.54) is 6.42 Å². The molecule has 144 valence electrons. The Morgan fingerprint density at radius 3 is 2.86 bits per heavy atom. The quantitative estimate of drug-likeness (QED) is 0.690. The molecule has 1 aliphatic heterocycles. The summed E-state index contributed by atoms with van der Waals surface area (Å²) in [4.78, 5) is 12.5. The van der Waals surface area contributed by atoms with Gasteiger partial charge in [0, 0.05) is 24.2 Å². The fourth-order valence-electron chi connectivity index (χ4n) is 3.65. The number of nitrogens with one attached hydrogen (secondary N) is 1. The van der Waals surface area contributed by atoms with Gasteiger partial charge in [0.1, 0.15) is 5.82 Å². The molecule has 0 atom stereocenters. The lowest BCUT2D eigenvalue weighted by atomic mass is 10.1. The van der Waals surface area contributed by atoms with Crippen LogP contribution in [0.1, 0.15) is 36.2 Å². The van der Waals surface area contributed by atoms with Gasteiger partial charge in [0.25, 0.3) is 0 Å². The van der Waals surface area contributed by atoms with Crippen molar-refractivity contribution in [1.82, 2.24) is 14.8 Å². The zero-order valence-corrected chi connectivity index (χ0v) is 16.7. The minimum Gasteiger partial charge on any atom is -0.326 e. The van der Waals surface area contributed by atoms with Crippen molar-refractivity contribution in [2.75, 3.05) is 5.32 Å². The fourth-order valence-corrected chi connectivity index (χ4v) is 3.85. The number of aromatic nitrogens is 3. The molecule has 5 nitrogen and oxygen atoms in total. The molecule has 0 unspecified atom stereocenters. The van der Waals surface area contributed by atoms with Gasteiger partial charge < -0.3 is 9.88 Å². The Hall–Kier alpha value is -2.66. The minimum atomic E-state index is -0.0531. The largest absolute Gasteiger partial charge is 0.326 e. The SMILES string of the molecule is Cc1ccccc1CC(=O)Nc1ccc(Cl)c(-c2nnc3n2CCCCC3)c1. The first-order valence-corrected chi connectivity index (χ1v) is 10.1. The minimum absolute atomic E-state index is 0.0531. The summed E-state index contributed by atoms with van der Waals surface area (Å²) in [6.45, 7) is 2.91. The molecule has 0 aliphatic carbocycles. The van der Waals surface area contributed by atoms with Crippen molar-refractivity contribution in [3.8, 4) is 11.4 Å². The first kappa shape index (κ1) is 18.7. The van der Waals surface area contributed by atoms with Gasteiger partial charge in [-0.15, -0.1) is 10.2 Å². The predicted molar refractivity (Wildman–Crippen MR) is 112 cm³/mol. The molecule has 0 saturated heterocycles. The fraction of sp³-hybridized carbons (Fsp3) is 0.318. The molecule has 0 fully saturated rings. The van der Waals surface area contributed by atoms with Crippen LogP contribution in [0, 0.1) is 6.92 Å². The van der Waals surface area contributed by atoms with Crippen LogP contribution in [0.25, 0.3) is 11.4 Å². The maximum atomic E-state index is 12.5. The second-order valence-electron chi connectivity index (χ2n) is 7.25. The van der Waals surface area contributed by atoms with Crippen LogP contribution in [0.15, 0.2) is 42.5 Å². The molecule has 1 aliphatic rings. The third-order valence-electron chi connectivity index (χ3n) is 5.21. The second-order valence-corrected chi connectivity index (χ2v) is 7.66. The van der Waals surface area contributed by atoms with E-state index in [4.69, 9.17) is 11.6 Å². The van der Waals surface area contributed by atoms with E-state index in [1.807, 2.05) is 43.3 Å². The maximum Gasteiger partial charge on any atom is 0.228 e. The number of nitrogens with zero attached hydrogens (tertiary/aromatic N) is 3. The van der Waals surface area contributed by atoms with Crippen molar-refractivity contribution in [1.29, 1.82) is 0 Å². The summed E-state index contributed by atoms with van der Waals surface area (Å²) in [7, 11) is 0. The Kier molecular flexibility index (Phi) is 5.44. The Labute approximate surface area is 169 Å². The van der Waals surface area contributed by atoms with E-state index >= 15 is 0 Å². The van der Waals surface area contributed by atoms with Crippen LogP contribution in [0.5, 0.6) is 0 Å². The Morgan fingerprint density at radius 2 is 2.00 bits per heavy atom. The van der Waals surface area contributed by atoms with Gasteiger partial charge in [0.15, 0.2) is 5.82 Å². The summed E-state index contributed by atoms with van der Waals surface area (Å²) in [6.07, 6.45) is 4.73. The van der Waals surface area contributed by atoms with E-state index < -0.39 is 0 Å². The van der Waals surface area contributed by atoms with Gasteiger partial charge in [0.05, 0.1) is 11.4 Å². The van der Waals surface area contributed by atoms with Gasteiger partial charge in [-0.25, -0.2) is 0 Å². The molecule has 0 radical (unpaired) electrons. The Morgan fingerprint density at radius 1 is 1.14 bits per heavy atom. The average molecular weight is 395 g/mol. The monoisotopic (exact) mass is 394 g/mol. The second kappa shape index (κ2) is 8.15. The van der Waals surface area contributed by atoms with E-state index in [-0.39, 0.29) is 5.91 Å². The summed E-state index contributed by atoms with van der Waals surface area (Å²) in [5.74, 6) is 1.73. The highest BCUT2D eigenvalue weighted by Crippen LogP contribution is 2.31. The van der Waals surface area contributed by atoms with Crippen LogP contribution in [-0.4, -0.2) is 20.7 Å². The van der Waals surface area contributed by atoms with E-state index in [0.29, 0.717) is 17.1 Å². The first-order valence-electron chi connectivity index (χ1n) is 9.68. The van der Waals surface area contributed by atoms with E-state index in [9.17, 15) is 4.79 Å². The molecule has 0 saturated carbocycles. The molecule has 4 rings (SSSR count). The molecule has 2 heterocycles. The lowest BCUT2D eigenvalue weighted by molar-refractivity contribution is -0.115. The number of carbonyl (C=O) groups is 1. The zero-order valence-electron chi connectivity index (χ0n) is 15.9. The number of rotatable bonds is 4. The van der Waals surface area contributed by atoms with Gasteiger partial charge in [-0.05, 0) is 49.1 Å². The van der Waals surface area contributed by atoms with Crippen molar-refractivity contribution in [2.45, 2.75) is 45.6 Å². The molecular weight excluding hydrogens is 372 g/mol. The molecule has 28 heavy (non-hydrogen) atoms. The molecule has 3 aromatic rings. The standard InChI is InChI=1S/C22H23ClN4O/c1-15-7-4-5-8-16(15)13-21(28)24-17-10-11-19(23)18(14-17)22-26-25-20-9-3-2-6-12-27(20)22/h4-5,7-8,10-11,14H,2-3,6,9,12-13H2,1H3,(H,24,28). The van der Waals surface area contributed by atoms with Gasteiger partial charge >= 0.3 is 0 Å². The predicted octanol–water partition coefficient (Wildman–Crippen LogP) is 4.81. The number of carbonyl (C=O) groups excluding carboxylic acids is 1. The maximum absolute atomic E-state index is 12.5. The van der Waals surface area contributed by atoms with Crippen molar-refractivity contribution >= 4 is 23.2 Å². The van der Waals surface area contributed by atoms with Gasteiger partial charge in [-0.2, -0.15) is 0 Å². The smallest absolute Gasteiger partial charge is 0.228 e. The highest BCUT2D eigenvalue weighted by atomic mass is 35.5. The lowest BCUT2D eigenvalue weighted by Gasteiger charge is -2.11. The topological polar surface area (TPSA) is 59.8 Å². The Bertz CT molecular complexity index is 1010. The zero-order chi connectivity index (χ0) is 19.5. The van der Waals surface area contributed by atoms with Crippen LogP contribution < -0.4 is 5.32 Å². The van der Waals surface area contributed by atoms with Gasteiger partial charge in [-0.3, -0.25) is 4.79 Å². The first-order chi connectivity index (χ1) is 13.6. The summed E-state index contributed by atoms with van der Waals surface area (Å²) < 4.78 is 2.16. The summed E-state index contributed by atoms with van der Waals surface area (Å²) in [5.41, 5.74) is 3.65. The van der Waals surface area contributed by atoms with Crippen molar-refractivity contribution in [3.05, 3.63) is 64.4 Å². The number of aryl methyl sites for hydroxylation is 2. The molecule has 1 amide bonds. The van der Waals surface area contributed by atoms with Crippen LogP contribution in [0.3, 0.4) is 0 Å². The molecule has 0 bridgehead atoms. The highest BCUT2D eigenvalue weighted by Gasteiger charge is 2.18. The summed E-state index contributed by atoms with van der Waals surface area (Å²) >= 11 is 6.46. The molecule has 6 heteroatoms. The van der Waals surface area contributed by atoms with Crippen molar-refractivity contribution in [3.63, 3.8) is 0 Å². The lowest BCUT2D eigenvalue weighted by Crippen LogP contribution is -2.15. The van der Waals surface area contributed by atoms with Crippen LogP contribution in [0.2, 0.25) is 5.02 Å². The average Bonchev–Trinajstić information content (AvgIpc) is 2.93. The molecule has 1 N–H and O–H groups in total. The number of amides is 1. The highest BCUT2D eigenvalue weighted by molar-refractivity contribution is 6.33. The van der Waals surface area contributed by atoms with Crippen LogP contribution in [-0.2, 0) is 24.2 Å². The molecule has 1 aromatic heterocycles.